The van der Waals surface area contributed by atoms with Crippen LogP contribution in [0.2, 0.25) is 5.02 Å². The van der Waals surface area contributed by atoms with Crippen molar-refractivity contribution in [3.05, 3.63) is 69.7 Å². The van der Waals surface area contributed by atoms with Crippen molar-refractivity contribution in [2.75, 3.05) is 20.3 Å². The molecule has 0 unspecified atom stereocenters. The second kappa shape index (κ2) is 9.72. The number of rotatable bonds is 8. The minimum atomic E-state index is -0.264. The highest BCUT2D eigenvalue weighted by Gasteiger charge is 2.44. The number of methoxy groups -OCH3 is 1. The molecular weight excluding hydrogens is 412 g/mol. The Morgan fingerprint density at radius 3 is 2.61 bits per heavy atom. The van der Waals surface area contributed by atoms with Gasteiger partial charge in [-0.15, -0.1) is 0 Å². The van der Waals surface area contributed by atoms with Crippen molar-refractivity contribution in [1.29, 1.82) is 0 Å². The zero-order valence-corrected chi connectivity index (χ0v) is 19.1. The summed E-state index contributed by atoms with van der Waals surface area (Å²) < 4.78 is 16.8. The fourth-order valence-electron chi connectivity index (χ4n) is 4.55. The first-order valence-corrected chi connectivity index (χ1v) is 11.5. The molecule has 1 saturated carbocycles. The lowest BCUT2D eigenvalue weighted by molar-refractivity contribution is -0.149. The molecule has 5 heteroatoms. The summed E-state index contributed by atoms with van der Waals surface area (Å²) in [5, 5.41) is 0.776. The Labute approximate surface area is 189 Å². The number of esters is 1. The third kappa shape index (κ3) is 5.49. The topological polar surface area (TPSA) is 44.8 Å². The Hall–Kier alpha value is -1.88. The Balaban J connectivity index is 1.44. The van der Waals surface area contributed by atoms with E-state index in [1.807, 2.05) is 6.07 Å². The third-order valence-electron chi connectivity index (χ3n) is 6.50. The first kappa shape index (κ1) is 22.3. The lowest BCUT2D eigenvalue weighted by Crippen LogP contribution is -2.27. The molecule has 0 amide bonds. The van der Waals surface area contributed by atoms with E-state index < -0.39 is 0 Å². The van der Waals surface area contributed by atoms with E-state index in [1.165, 1.54) is 30.9 Å². The predicted octanol–water partition coefficient (Wildman–Crippen LogP) is 5.78. The molecule has 0 spiro atoms. The number of carbonyl (C=O) groups excluding carboxylic acids is 1. The average Bonchev–Trinajstić information content (AvgIpc) is 3.55. The molecule has 1 saturated heterocycles. The lowest BCUT2D eigenvalue weighted by atomic mass is 9.93. The number of benzene rings is 2. The summed E-state index contributed by atoms with van der Waals surface area (Å²) in [4.78, 5) is 11.1. The van der Waals surface area contributed by atoms with Crippen molar-refractivity contribution in [2.45, 2.75) is 63.1 Å². The van der Waals surface area contributed by atoms with E-state index in [4.69, 9.17) is 25.8 Å². The molecular formula is C26H31ClO4. The van der Waals surface area contributed by atoms with Gasteiger partial charge < -0.3 is 14.2 Å². The molecule has 2 aliphatic rings. The van der Waals surface area contributed by atoms with Gasteiger partial charge in [0.25, 0.3) is 0 Å². The minimum Gasteiger partial charge on any atom is -0.463 e. The summed E-state index contributed by atoms with van der Waals surface area (Å²) in [7, 11) is 1.78. The van der Waals surface area contributed by atoms with Gasteiger partial charge in [-0.1, -0.05) is 48.0 Å². The Morgan fingerprint density at radius 1 is 1.16 bits per heavy atom. The number of hydrogen-bond donors (Lipinski definition) is 0. The van der Waals surface area contributed by atoms with E-state index in [9.17, 15) is 4.79 Å². The highest BCUT2D eigenvalue weighted by Crippen LogP contribution is 2.48. The Bertz CT molecular complexity index is 904. The van der Waals surface area contributed by atoms with E-state index >= 15 is 0 Å². The van der Waals surface area contributed by atoms with Crippen LogP contribution < -0.4 is 0 Å². The van der Waals surface area contributed by atoms with E-state index in [-0.39, 0.29) is 23.6 Å². The van der Waals surface area contributed by atoms with Gasteiger partial charge in [0.2, 0.25) is 0 Å². The first-order chi connectivity index (χ1) is 15.0. The van der Waals surface area contributed by atoms with Crippen molar-refractivity contribution in [3.8, 4) is 0 Å². The van der Waals surface area contributed by atoms with Crippen LogP contribution in [0, 0.1) is 0 Å². The van der Waals surface area contributed by atoms with Gasteiger partial charge >= 0.3 is 5.97 Å². The number of ether oxygens (including phenoxy) is 3. The van der Waals surface area contributed by atoms with Gasteiger partial charge in [0.05, 0.1) is 18.8 Å². The highest BCUT2D eigenvalue weighted by molar-refractivity contribution is 6.31. The van der Waals surface area contributed by atoms with Gasteiger partial charge in [0.1, 0.15) is 6.61 Å². The molecule has 2 aromatic rings. The molecule has 2 atom stereocenters. The summed E-state index contributed by atoms with van der Waals surface area (Å²) >= 11 is 6.54. The molecule has 1 aliphatic heterocycles. The van der Waals surface area contributed by atoms with Crippen molar-refractivity contribution in [3.63, 3.8) is 0 Å². The summed E-state index contributed by atoms with van der Waals surface area (Å²) in [6.07, 6.45) is 6.09. The Morgan fingerprint density at radius 2 is 1.94 bits per heavy atom. The SMILES string of the molecule is COCC1(c2ccc(Cc3cc([C@@H]4CCC[C@H](COC(C)=O)O4)ccc3Cl)cc2)CC1. The lowest BCUT2D eigenvalue weighted by Gasteiger charge is -2.30. The highest BCUT2D eigenvalue weighted by atomic mass is 35.5. The van der Waals surface area contributed by atoms with Crippen LogP contribution in [0.15, 0.2) is 42.5 Å². The van der Waals surface area contributed by atoms with Crippen LogP contribution >= 0.6 is 11.6 Å². The quantitative estimate of drug-likeness (QED) is 0.486. The molecule has 4 rings (SSSR count). The van der Waals surface area contributed by atoms with Gasteiger partial charge in [-0.05, 0) is 66.8 Å². The maximum absolute atomic E-state index is 11.1. The standard InChI is InChI=1S/C26H31ClO4/c1-18(28)30-16-23-4-3-5-25(31-23)20-8-11-24(27)21(15-20)14-19-6-9-22(10-7-19)26(12-13-26)17-29-2/h6-11,15,23,25H,3-5,12-14,16-17H2,1-2H3/t23-,25+/m1/s1. The van der Waals surface area contributed by atoms with Crippen molar-refractivity contribution in [2.24, 2.45) is 0 Å². The van der Waals surface area contributed by atoms with Gasteiger partial charge in [-0.2, -0.15) is 0 Å². The van der Waals surface area contributed by atoms with Gasteiger partial charge in [-0.3, -0.25) is 4.79 Å². The molecule has 2 aromatic carbocycles. The molecule has 31 heavy (non-hydrogen) atoms. The normalized spacial score (nSPS) is 22.2. The number of carbonyl (C=O) groups is 1. The fourth-order valence-corrected chi connectivity index (χ4v) is 4.73. The second-order valence-corrected chi connectivity index (χ2v) is 9.33. The number of hydrogen-bond acceptors (Lipinski definition) is 4. The van der Waals surface area contributed by atoms with Crippen LogP contribution in [0.5, 0.6) is 0 Å². The van der Waals surface area contributed by atoms with Crippen LogP contribution in [0.3, 0.4) is 0 Å². The summed E-state index contributed by atoms with van der Waals surface area (Å²) in [6, 6.07) is 15.1. The van der Waals surface area contributed by atoms with Crippen molar-refractivity contribution in [1.82, 2.24) is 0 Å². The fraction of sp³-hybridized carbons (Fsp3) is 0.500. The molecule has 166 valence electrons. The first-order valence-electron chi connectivity index (χ1n) is 11.1. The van der Waals surface area contributed by atoms with Gasteiger partial charge in [0.15, 0.2) is 0 Å². The molecule has 4 nitrogen and oxygen atoms in total. The summed E-state index contributed by atoms with van der Waals surface area (Å²) in [5.41, 5.74) is 5.09. The Kier molecular flexibility index (Phi) is 7.00. The van der Waals surface area contributed by atoms with E-state index in [2.05, 4.69) is 36.4 Å². The zero-order chi connectivity index (χ0) is 21.8. The molecule has 0 aromatic heterocycles. The predicted molar refractivity (Wildman–Crippen MR) is 122 cm³/mol. The van der Waals surface area contributed by atoms with Crippen molar-refractivity contribution < 1.29 is 19.0 Å². The van der Waals surface area contributed by atoms with Crippen molar-refractivity contribution >= 4 is 17.6 Å². The van der Waals surface area contributed by atoms with Gasteiger partial charge in [0, 0.05) is 24.5 Å². The maximum atomic E-state index is 11.1. The minimum absolute atomic E-state index is 0.0106. The molecule has 0 bridgehead atoms. The molecule has 2 fully saturated rings. The van der Waals surface area contributed by atoms with E-state index in [1.54, 1.807) is 7.11 Å². The van der Waals surface area contributed by atoms with Crippen LogP contribution in [0.1, 0.15) is 67.4 Å². The maximum Gasteiger partial charge on any atom is 0.302 e. The summed E-state index contributed by atoms with van der Waals surface area (Å²) in [5.74, 6) is -0.264. The third-order valence-corrected chi connectivity index (χ3v) is 6.87. The largest absolute Gasteiger partial charge is 0.463 e. The monoisotopic (exact) mass is 442 g/mol. The second-order valence-electron chi connectivity index (χ2n) is 8.92. The summed E-state index contributed by atoms with van der Waals surface area (Å²) in [6.45, 7) is 2.55. The van der Waals surface area contributed by atoms with E-state index in [0.29, 0.717) is 6.61 Å². The van der Waals surface area contributed by atoms with Crippen LogP contribution in [-0.2, 0) is 30.8 Å². The number of halogens is 1. The molecule has 1 aliphatic carbocycles. The van der Waals surface area contributed by atoms with Crippen LogP contribution in [0.25, 0.3) is 0 Å². The molecule has 0 N–H and O–H groups in total. The average molecular weight is 443 g/mol. The molecule has 0 radical (unpaired) electrons. The van der Waals surface area contributed by atoms with Crippen LogP contribution in [-0.4, -0.2) is 32.4 Å². The van der Waals surface area contributed by atoms with Gasteiger partial charge in [-0.25, -0.2) is 0 Å². The van der Waals surface area contributed by atoms with Crippen LogP contribution in [0.4, 0.5) is 0 Å². The zero-order valence-electron chi connectivity index (χ0n) is 18.4. The smallest absolute Gasteiger partial charge is 0.302 e. The van der Waals surface area contributed by atoms with E-state index in [0.717, 1.165) is 48.4 Å². The molecule has 1 heterocycles.